The number of unbranched alkanes of at least 4 members (excludes halogenated alkanes) is 3. The minimum atomic E-state index is -1.24. The van der Waals surface area contributed by atoms with Crippen LogP contribution in [0.5, 0.6) is 0 Å². The van der Waals surface area contributed by atoms with Gasteiger partial charge in [0.15, 0.2) is 0 Å². The van der Waals surface area contributed by atoms with Crippen LogP contribution in [0.25, 0.3) is 0 Å². The Morgan fingerprint density at radius 3 is 2.24 bits per heavy atom. The highest BCUT2D eigenvalue weighted by molar-refractivity contribution is 5.92. The SMILES string of the molecule is CCCCCCN(C(=O)C(CO)NC(=O)OC(C)(C)C)C(C(=O)NC(C)C)c1ccccc1C. The van der Waals surface area contributed by atoms with Crippen molar-refractivity contribution in [1.29, 1.82) is 0 Å². The molecule has 34 heavy (non-hydrogen) atoms. The van der Waals surface area contributed by atoms with Gasteiger partial charge in [-0.25, -0.2) is 4.79 Å². The van der Waals surface area contributed by atoms with Crippen molar-refractivity contribution in [3.05, 3.63) is 35.4 Å². The van der Waals surface area contributed by atoms with E-state index in [0.29, 0.717) is 18.5 Å². The quantitative estimate of drug-likeness (QED) is 0.396. The van der Waals surface area contributed by atoms with E-state index in [0.717, 1.165) is 24.8 Å². The van der Waals surface area contributed by atoms with Gasteiger partial charge in [-0.15, -0.1) is 0 Å². The number of carbonyl (C=O) groups is 3. The van der Waals surface area contributed by atoms with E-state index in [2.05, 4.69) is 17.6 Å². The molecule has 2 unspecified atom stereocenters. The number of nitrogens with one attached hydrogen (secondary N) is 2. The molecule has 1 aromatic carbocycles. The van der Waals surface area contributed by atoms with Crippen LogP contribution in [0.15, 0.2) is 24.3 Å². The Labute approximate surface area is 204 Å². The molecule has 0 radical (unpaired) electrons. The largest absolute Gasteiger partial charge is 0.444 e. The fourth-order valence-corrected chi connectivity index (χ4v) is 3.62. The third-order valence-corrected chi connectivity index (χ3v) is 5.18. The van der Waals surface area contributed by atoms with Crippen molar-refractivity contribution >= 4 is 17.9 Å². The summed E-state index contributed by atoms with van der Waals surface area (Å²) in [5.41, 5.74) is 0.824. The van der Waals surface area contributed by atoms with Gasteiger partial charge >= 0.3 is 6.09 Å². The van der Waals surface area contributed by atoms with Crippen molar-refractivity contribution in [3.8, 4) is 0 Å². The van der Waals surface area contributed by atoms with Gasteiger partial charge in [0.1, 0.15) is 17.7 Å². The third kappa shape index (κ3) is 9.71. The first kappa shape index (κ1) is 29.4. The minimum Gasteiger partial charge on any atom is -0.444 e. The molecule has 1 aromatic rings. The van der Waals surface area contributed by atoms with Gasteiger partial charge in [0, 0.05) is 12.6 Å². The van der Waals surface area contributed by atoms with Gasteiger partial charge in [0.25, 0.3) is 0 Å². The molecule has 0 fully saturated rings. The minimum absolute atomic E-state index is 0.121. The van der Waals surface area contributed by atoms with Crippen LogP contribution in [0, 0.1) is 6.92 Å². The zero-order valence-electron chi connectivity index (χ0n) is 21.8. The lowest BCUT2D eigenvalue weighted by Gasteiger charge is -2.35. The Kier molecular flexibility index (Phi) is 12.1. The van der Waals surface area contributed by atoms with E-state index in [4.69, 9.17) is 4.74 Å². The number of aryl methyl sites for hydroxylation is 1. The van der Waals surface area contributed by atoms with Gasteiger partial charge in [-0.2, -0.15) is 0 Å². The van der Waals surface area contributed by atoms with E-state index in [1.807, 2.05) is 45.0 Å². The summed E-state index contributed by atoms with van der Waals surface area (Å²) >= 11 is 0. The lowest BCUT2D eigenvalue weighted by atomic mass is 9.97. The van der Waals surface area contributed by atoms with Crippen LogP contribution < -0.4 is 10.6 Å². The second-order valence-corrected chi connectivity index (χ2v) is 9.90. The van der Waals surface area contributed by atoms with Crippen molar-refractivity contribution in [2.24, 2.45) is 0 Å². The average Bonchev–Trinajstić information content (AvgIpc) is 2.73. The van der Waals surface area contributed by atoms with Gasteiger partial charge in [-0.1, -0.05) is 50.5 Å². The molecule has 0 saturated heterocycles. The maximum Gasteiger partial charge on any atom is 0.408 e. The maximum atomic E-state index is 13.7. The molecule has 0 saturated carbocycles. The second-order valence-electron chi connectivity index (χ2n) is 9.90. The van der Waals surface area contributed by atoms with Gasteiger partial charge in [0.05, 0.1) is 6.61 Å². The molecule has 0 spiro atoms. The first-order valence-corrected chi connectivity index (χ1v) is 12.2. The highest BCUT2D eigenvalue weighted by Gasteiger charge is 2.36. The summed E-state index contributed by atoms with van der Waals surface area (Å²) in [6.07, 6.45) is 2.83. The number of carbonyl (C=O) groups excluding carboxylic acids is 3. The molecule has 3 amide bonds. The van der Waals surface area contributed by atoms with Gasteiger partial charge < -0.3 is 25.4 Å². The fraction of sp³-hybridized carbons (Fsp3) is 0.654. The molecule has 2 atom stereocenters. The number of ether oxygens (including phenoxy) is 1. The summed E-state index contributed by atoms with van der Waals surface area (Å²) in [6.45, 7) is 12.6. The van der Waals surface area contributed by atoms with Gasteiger partial charge in [-0.3, -0.25) is 9.59 Å². The topological polar surface area (TPSA) is 108 Å². The standard InChI is InChI=1S/C26H43N3O5/c1-8-9-10-13-16-29(24(32)21(17-30)28-25(33)34-26(5,6)7)22(23(31)27-18(2)3)20-15-12-11-14-19(20)4/h11-12,14-15,18,21-22,30H,8-10,13,16-17H2,1-7H3,(H,27,31)(H,28,33). The van der Waals surface area contributed by atoms with Crippen LogP contribution in [0.2, 0.25) is 0 Å². The van der Waals surface area contributed by atoms with Crippen LogP contribution >= 0.6 is 0 Å². The Morgan fingerprint density at radius 2 is 1.71 bits per heavy atom. The molecule has 0 bridgehead atoms. The zero-order valence-corrected chi connectivity index (χ0v) is 21.8. The molecule has 192 valence electrons. The number of hydrogen-bond donors (Lipinski definition) is 3. The van der Waals surface area contributed by atoms with Crippen molar-refractivity contribution in [3.63, 3.8) is 0 Å². The van der Waals surface area contributed by atoms with Crippen LogP contribution in [-0.2, 0) is 14.3 Å². The Bertz CT molecular complexity index is 804. The molecule has 8 nitrogen and oxygen atoms in total. The Morgan fingerprint density at radius 1 is 1.06 bits per heavy atom. The summed E-state index contributed by atoms with van der Waals surface area (Å²) in [5.74, 6) is -0.834. The number of rotatable bonds is 12. The smallest absolute Gasteiger partial charge is 0.408 e. The van der Waals surface area contributed by atoms with Crippen molar-refractivity contribution < 1.29 is 24.2 Å². The number of nitrogens with zero attached hydrogens (tertiary/aromatic N) is 1. The number of benzene rings is 1. The predicted molar refractivity (Wildman–Crippen MR) is 133 cm³/mol. The van der Waals surface area contributed by atoms with Crippen LogP contribution in [0.4, 0.5) is 4.79 Å². The van der Waals surface area contributed by atoms with E-state index in [9.17, 15) is 19.5 Å². The number of aliphatic hydroxyl groups excluding tert-OH is 1. The third-order valence-electron chi connectivity index (χ3n) is 5.18. The summed E-state index contributed by atoms with van der Waals surface area (Å²) in [7, 11) is 0. The molecule has 3 N–H and O–H groups in total. The van der Waals surface area contributed by atoms with Gasteiger partial charge in [-0.05, 0) is 59.1 Å². The summed E-state index contributed by atoms with van der Waals surface area (Å²) < 4.78 is 5.27. The van der Waals surface area contributed by atoms with Crippen molar-refractivity contribution in [1.82, 2.24) is 15.5 Å². The first-order valence-electron chi connectivity index (χ1n) is 12.2. The lowest BCUT2D eigenvalue weighted by molar-refractivity contribution is -0.143. The molecule has 0 aliphatic carbocycles. The first-order chi connectivity index (χ1) is 15.9. The molecule has 8 heteroatoms. The molecule has 0 aromatic heterocycles. The maximum absolute atomic E-state index is 13.7. The Hall–Kier alpha value is -2.61. The molecule has 0 aliphatic heterocycles. The van der Waals surface area contributed by atoms with E-state index < -0.39 is 36.3 Å². The van der Waals surface area contributed by atoms with Crippen LogP contribution in [-0.4, -0.2) is 58.8 Å². The van der Waals surface area contributed by atoms with E-state index >= 15 is 0 Å². The summed E-state index contributed by atoms with van der Waals surface area (Å²) in [6, 6.07) is 5.19. The van der Waals surface area contributed by atoms with Crippen molar-refractivity contribution in [2.75, 3.05) is 13.2 Å². The number of alkyl carbamates (subject to hydrolysis) is 1. The molecular formula is C26H43N3O5. The highest BCUT2D eigenvalue weighted by Crippen LogP contribution is 2.26. The summed E-state index contributed by atoms with van der Waals surface area (Å²) in [5, 5.41) is 15.4. The van der Waals surface area contributed by atoms with E-state index in [-0.39, 0.29) is 11.9 Å². The van der Waals surface area contributed by atoms with E-state index in [1.165, 1.54) is 4.90 Å². The van der Waals surface area contributed by atoms with Crippen molar-refractivity contribution in [2.45, 2.75) is 97.9 Å². The highest BCUT2D eigenvalue weighted by atomic mass is 16.6. The fourth-order valence-electron chi connectivity index (χ4n) is 3.62. The molecule has 0 heterocycles. The van der Waals surface area contributed by atoms with Crippen LogP contribution in [0.1, 0.15) is 84.4 Å². The van der Waals surface area contributed by atoms with Crippen LogP contribution in [0.3, 0.4) is 0 Å². The molecular weight excluding hydrogens is 434 g/mol. The van der Waals surface area contributed by atoms with E-state index in [1.54, 1.807) is 20.8 Å². The normalized spacial score (nSPS) is 13.2. The zero-order chi connectivity index (χ0) is 25.9. The lowest BCUT2D eigenvalue weighted by Crippen LogP contribution is -2.55. The second kappa shape index (κ2) is 13.9. The molecule has 0 aliphatic rings. The molecule has 1 rings (SSSR count). The number of amides is 3. The monoisotopic (exact) mass is 477 g/mol. The number of aliphatic hydroxyl groups is 1. The number of hydrogen-bond acceptors (Lipinski definition) is 5. The van der Waals surface area contributed by atoms with Gasteiger partial charge in [0.2, 0.25) is 11.8 Å². The summed E-state index contributed by atoms with van der Waals surface area (Å²) in [4.78, 5) is 40.9. The predicted octanol–water partition coefficient (Wildman–Crippen LogP) is 3.86. The average molecular weight is 478 g/mol. The Balaban J connectivity index is 3.37.